The fraction of sp³-hybridized carbons (Fsp3) is 0.261. The van der Waals surface area contributed by atoms with Crippen molar-refractivity contribution in [2.75, 3.05) is 13.1 Å². The summed E-state index contributed by atoms with van der Waals surface area (Å²) in [7, 11) is 0. The molecule has 0 saturated carbocycles. The lowest BCUT2D eigenvalue weighted by atomic mass is 10.1. The minimum absolute atomic E-state index is 0.0392. The van der Waals surface area contributed by atoms with Crippen molar-refractivity contribution in [3.05, 3.63) is 70.4 Å². The van der Waals surface area contributed by atoms with Gasteiger partial charge in [-0.05, 0) is 61.2 Å². The third kappa shape index (κ3) is 4.39. The van der Waals surface area contributed by atoms with E-state index in [1.54, 1.807) is 35.2 Å². The van der Waals surface area contributed by atoms with Crippen LogP contribution in [0.15, 0.2) is 48.5 Å². The van der Waals surface area contributed by atoms with Crippen LogP contribution in [0.4, 0.5) is 0 Å². The number of aromatic nitrogens is 1. The second-order valence-electron chi connectivity index (χ2n) is 7.31. The first kappa shape index (κ1) is 20.2. The maximum atomic E-state index is 12.8. The summed E-state index contributed by atoms with van der Waals surface area (Å²) in [6.07, 6.45) is 3.02. The third-order valence-corrected chi connectivity index (χ3v) is 5.44. The topological polar surface area (TPSA) is 79.7 Å². The molecule has 2 aromatic carbocycles. The van der Waals surface area contributed by atoms with Gasteiger partial charge in [0, 0.05) is 23.5 Å². The number of hydrogen-bond donors (Lipinski definition) is 1. The van der Waals surface area contributed by atoms with E-state index in [1.165, 1.54) is 6.07 Å². The Bertz CT molecular complexity index is 1090. The molecule has 1 saturated heterocycles. The number of hydrogen-bond acceptors (Lipinski definition) is 4. The smallest absolute Gasteiger partial charge is 0.336 e. The van der Waals surface area contributed by atoms with Gasteiger partial charge in [0.25, 0.3) is 5.91 Å². The number of rotatable bonds is 5. The Morgan fingerprint density at radius 2 is 1.77 bits per heavy atom. The summed E-state index contributed by atoms with van der Waals surface area (Å²) in [5, 5.41) is 10.8. The number of carboxylic acid groups (broad SMARTS) is 1. The average molecular weight is 425 g/mol. The fourth-order valence-electron chi connectivity index (χ4n) is 3.59. The third-order valence-electron chi connectivity index (χ3n) is 5.19. The maximum absolute atomic E-state index is 12.8. The second-order valence-corrected chi connectivity index (χ2v) is 7.74. The standard InChI is InChI=1S/C23H21ClN2O4/c24-16-6-4-15(5-7-16)14-30-17-8-9-20-18(12-17)19(23(28)29)13-21(25-20)22(27)26-10-2-1-3-11-26/h4-9,12-13H,1-3,10-11,14H2,(H,28,29). The van der Waals surface area contributed by atoms with Gasteiger partial charge < -0.3 is 14.7 Å². The number of nitrogens with zero attached hydrogens (tertiary/aromatic N) is 2. The first-order valence-corrected chi connectivity index (χ1v) is 10.2. The molecule has 1 amide bonds. The molecule has 2 heterocycles. The van der Waals surface area contributed by atoms with Crippen molar-refractivity contribution < 1.29 is 19.4 Å². The van der Waals surface area contributed by atoms with Crippen LogP contribution in [0.25, 0.3) is 10.9 Å². The van der Waals surface area contributed by atoms with E-state index >= 15 is 0 Å². The average Bonchev–Trinajstić information content (AvgIpc) is 2.78. The molecule has 30 heavy (non-hydrogen) atoms. The molecule has 3 aromatic rings. The van der Waals surface area contributed by atoms with Gasteiger partial charge in [0.1, 0.15) is 18.1 Å². The maximum Gasteiger partial charge on any atom is 0.336 e. The number of fused-ring (bicyclic) bond motifs is 1. The zero-order chi connectivity index (χ0) is 21.1. The molecule has 7 heteroatoms. The van der Waals surface area contributed by atoms with E-state index in [9.17, 15) is 14.7 Å². The van der Waals surface area contributed by atoms with Crippen molar-refractivity contribution in [1.82, 2.24) is 9.88 Å². The number of carboxylic acids is 1. The van der Waals surface area contributed by atoms with Gasteiger partial charge in [-0.3, -0.25) is 4.79 Å². The molecule has 1 aliphatic rings. The highest BCUT2D eigenvalue weighted by molar-refractivity contribution is 6.30. The zero-order valence-corrected chi connectivity index (χ0v) is 17.1. The second kappa shape index (κ2) is 8.71. The Morgan fingerprint density at radius 3 is 2.47 bits per heavy atom. The zero-order valence-electron chi connectivity index (χ0n) is 16.3. The highest BCUT2D eigenvalue weighted by atomic mass is 35.5. The van der Waals surface area contributed by atoms with Crippen LogP contribution in [-0.2, 0) is 6.61 Å². The number of pyridine rings is 1. The molecular weight excluding hydrogens is 404 g/mol. The van der Waals surface area contributed by atoms with Crippen molar-refractivity contribution in [3.8, 4) is 5.75 Å². The molecule has 1 fully saturated rings. The largest absolute Gasteiger partial charge is 0.489 e. The SMILES string of the molecule is O=C(O)c1cc(C(=O)N2CCCCC2)nc2ccc(OCc3ccc(Cl)cc3)cc12. The van der Waals surface area contributed by atoms with Gasteiger partial charge in [0.05, 0.1) is 11.1 Å². The summed E-state index contributed by atoms with van der Waals surface area (Å²) in [6.45, 7) is 1.68. The van der Waals surface area contributed by atoms with Crippen LogP contribution in [-0.4, -0.2) is 40.0 Å². The predicted molar refractivity (Wildman–Crippen MR) is 114 cm³/mol. The molecule has 0 spiro atoms. The summed E-state index contributed by atoms with van der Waals surface area (Å²) in [4.78, 5) is 30.9. The van der Waals surface area contributed by atoms with E-state index in [0.29, 0.717) is 41.4 Å². The number of carbonyl (C=O) groups is 2. The summed E-state index contributed by atoms with van der Waals surface area (Å²) >= 11 is 5.90. The van der Waals surface area contributed by atoms with Crippen LogP contribution in [0.2, 0.25) is 5.02 Å². The Balaban J connectivity index is 1.62. The van der Waals surface area contributed by atoms with Crippen LogP contribution in [0, 0.1) is 0 Å². The van der Waals surface area contributed by atoms with Crippen molar-refractivity contribution in [2.45, 2.75) is 25.9 Å². The minimum atomic E-state index is -1.11. The normalized spacial score (nSPS) is 14.0. The molecule has 0 atom stereocenters. The van der Waals surface area contributed by atoms with Crippen LogP contribution >= 0.6 is 11.6 Å². The molecular formula is C23H21ClN2O4. The Kier molecular flexibility index (Phi) is 5.86. The molecule has 0 radical (unpaired) electrons. The summed E-state index contributed by atoms with van der Waals surface area (Å²) in [6, 6.07) is 13.7. The highest BCUT2D eigenvalue weighted by Crippen LogP contribution is 2.26. The van der Waals surface area contributed by atoms with Gasteiger partial charge in [-0.2, -0.15) is 0 Å². The van der Waals surface area contributed by atoms with Gasteiger partial charge in [0.15, 0.2) is 0 Å². The van der Waals surface area contributed by atoms with Crippen LogP contribution in [0.3, 0.4) is 0 Å². The van der Waals surface area contributed by atoms with Gasteiger partial charge in [-0.25, -0.2) is 9.78 Å². The first-order valence-electron chi connectivity index (χ1n) is 9.86. The van der Waals surface area contributed by atoms with E-state index in [4.69, 9.17) is 16.3 Å². The van der Waals surface area contributed by atoms with Crippen LogP contribution in [0.5, 0.6) is 5.75 Å². The molecule has 1 aromatic heterocycles. The molecule has 0 bridgehead atoms. The van der Waals surface area contributed by atoms with Gasteiger partial charge in [-0.1, -0.05) is 23.7 Å². The number of likely N-dealkylation sites (tertiary alicyclic amines) is 1. The Labute approximate surface area is 179 Å². The summed E-state index contributed by atoms with van der Waals surface area (Å²) < 4.78 is 5.81. The molecule has 0 unspecified atom stereocenters. The van der Waals surface area contributed by atoms with E-state index in [1.807, 2.05) is 12.1 Å². The molecule has 154 valence electrons. The highest BCUT2D eigenvalue weighted by Gasteiger charge is 2.22. The lowest BCUT2D eigenvalue weighted by molar-refractivity contribution is 0.0699. The number of ether oxygens (including phenoxy) is 1. The minimum Gasteiger partial charge on any atom is -0.489 e. The molecule has 0 aliphatic carbocycles. The van der Waals surface area contributed by atoms with Crippen molar-refractivity contribution in [2.24, 2.45) is 0 Å². The monoisotopic (exact) mass is 424 g/mol. The van der Waals surface area contributed by atoms with Crippen molar-refractivity contribution in [1.29, 1.82) is 0 Å². The summed E-state index contributed by atoms with van der Waals surface area (Å²) in [5.41, 5.74) is 1.60. The summed E-state index contributed by atoms with van der Waals surface area (Å²) in [5.74, 6) is -0.802. The number of carbonyl (C=O) groups excluding carboxylic acids is 1. The van der Waals surface area contributed by atoms with E-state index in [0.717, 1.165) is 24.8 Å². The van der Waals surface area contributed by atoms with Crippen molar-refractivity contribution in [3.63, 3.8) is 0 Å². The molecule has 4 rings (SSSR count). The number of halogens is 1. The van der Waals surface area contributed by atoms with Gasteiger partial charge in [-0.15, -0.1) is 0 Å². The lowest BCUT2D eigenvalue weighted by Crippen LogP contribution is -2.36. The predicted octanol–water partition coefficient (Wildman–Crippen LogP) is 4.79. The van der Waals surface area contributed by atoms with E-state index < -0.39 is 5.97 Å². The fourth-order valence-corrected chi connectivity index (χ4v) is 3.71. The Morgan fingerprint density at radius 1 is 1.03 bits per heavy atom. The van der Waals surface area contributed by atoms with Crippen molar-refractivity contribution >= 4 is 34.4 Å². The molecule has 6 nitrogen and oxygen atoms in total. The van der Waals surface area contributed by atoms with Gasteiger partial charge in [0.2, 0.25) is 0 Å². The van der Waals surface area contributed by atoms with E-state index in [2.05, 4.69) is 4.98 Å². The van der Waals surface area contributed by atoms with Crippen LogP contribution < -0.4 is 4.74 Å². The lowest BCUT2D eigenvalue weighted by Gasteiger charge is -2.26. The van der Waals surface area contributed by atoms with Gasteiger partial charge >= 0.3 is 5.97 Å². The number of amides is 1. The molecule has 1 aliphatic heterocycles. The first-order chi connectivity index (χ1) is 14.5. The number of aromatic carboxylic acids is 1. The molecule has 1 N–H and O–H groups in total. The van der Waals surface area contributed by atoms with Crippen LogP contribution in [0.1, 0.15) is 45.7 Å². The Hall–Kier alpha value is -3.12. The van der Waals surface area contributed by atoms with E-state index in [-0.39, 0.29) is 17.2 Å². The quantitative estimate of drug-likeness (QED) is 0.636. The number of piperidine rings is 1. The number of benzene rings is 2.